The van der Waals surface area contributed by atoms with Crippen LogP contribution >= 0.6 is 0 Å². The van der Waals surface area contributed by atoms with Crippen molar-refractivity contribution >= 4 is 9.84 Å². The second kappa shape index (κ2) is 6.52. The van der Waals surface area contributed by atoms with E-state index in [1.807, 2.05) is 0 Å². The van der Waals surface area contributed by atoms with Crippen molar-refractivity contribution in [3.05, 3.63) is 0 Å². The Bertz CT molecular complexity index is 436. The van der Waals surface area contributed by atoms with Crippen molar-refractivity contribution in [2.24, 2.45) is 5.73 Å². The number of hydrogen-bond acceptors (Lipinski definition) is 5. The Morgan fingerprint density at radius 2 is 1.71 bits per heavy atom. The first-order valence-electron chi connectivity index (χ1n) is 8.13. The molecule has 1 unspecified atom stereocenters. The SMILES string of the molecule is CC(C)(C)S(=O)(=O)CCN1CCC(N2CCC(N)CC2)C1. The maximum Gasteiger partial charge on any atom is 0.156 e. The third-order valence-corrected chi connectivity index (χ3v) is 7.53. The Hall–Kier alpha value is -0.170. The summed E-state index contributed by atoms with van der Waals surface area (Å²) in [6.07, 6.45) is 3.34. The maximum absolute atomic E-state index is 12.2. The Morgan fingerprint density at radius 3 is 2.29 bits per heavy atom. The highest BCUT2D eigenvalue weighted by Gasteiger charge is 2.32. The first-order chi connectivity index (χ1) is 9.69. The molecule has 1 atom stereocenters. The second-order valence-corrected chi connectivity index (χ2v) is 10.4. The van der Waals surface area contributed by atoms with Crippen LogP contribution in [0.2, 0.25) is 0 Å². The monoisotopic (exact) mass is 317 g/mol. The fourth-order valence-electron chi connectivity index (χ4n) is 3.15. The minimum absolute atomic E-state index is 0.272. The van der Waals surface area contributed by atoms with Gasteiger partial charge in [-0.15, -0.1) is 0 Å². The summed E-state index contributed by atoms with van der Waals surface area (Å²) in [4.78, 5) is 4.85. The van der Waals surface area contributed by atoms with Crippen LogP contribution in [0, 0.1) is 0 Å². The predicted octanol–water partition coefficient (Wildman–Crippen LogP) is 0.697. The van der Waals surface area contributed by atoms with Crippen molar-refractivity contribution in [1.82, 2.24) is 9.80 Å². The summed E-state index contributed by atoms with van der Waals surface area (Å²) in [6, 6.07) is 0.963. The van der Waals surface area contributed by atoms with Gasteiger partial charge in [0.15, 0.2) is 9.84 Å². The first kappa shape index (κ1) is 17.2. The molecular weight excluding hydrogens is 286 g/mol. The smallest absolute Gasteiger partial charge is 0.156 e. The van der Waals surface area contributed by atoms with E-state index >= 15 is 0 Å². The quantitative estimate of drug-likeness (QED) is 0.827. The van der Waals surface area contributed by atoms with Gasteiger partial charge in [0, 0.05) is 25.2 Å². The lowest BCUT2D eigenvalue weighted by Gasteiger charge is -2.34. The molecule has 0 spiro atoms. The molecule has 0 saturated carbocycles. The average molecular weight is 317 g/mol. The molecule has 6 heteroatoms. The summed E-state index contributed by atoms with van der Waals surface area (Å²) >= 11 is 0. The van der Waals surface area contributed by atoms with E-state index < -0.39 is 14.6 Å². The number of piperidine rings is 1. The van der Waals surface area contributed by atoms with Crippen molar-refractivity contribution in [3.63, 3.8) is 0 Å². The lowest BCUT2D eigenvalue weighted by molar-refractivity contribution is 0.153. The van der Waals surface area contributed by atoms with Crippen LogP contribution in [0.15, 0.2) is 0 Å². The fourth-order valence-corrected chi connectivity index (χ4v) is 4.26. The van der Waals surface area contributed by atoms with Gasteiger partial charge in [0.1, 0.15) is 0 Å². The summed E-state index contributed by atoms with van der Waals surface area (Å²) < 4.78 is 23.7. The molecule has 2 rings (SSSR count). The molecule has 2 saturated heterocycles. The summed E-state index contributed by atoms with van der Waals surface area (Å²) in [5, 5.41) is 0. The summed E-state index contributed by atoms with van der Waals surface area (Å²) in [5.41, 5.74) is 5.96. The summed E-state index contributed by atoms with van der Waals surface area (Å²) in [7, 11) is -3.01. The highest BCUT2D eigenvalue weighted by Crippen LogP contribution is 2.21. The molecule has 0 aliphatic carbocycles. The molecule has 2 aliphatic heterocycles. The molecule has 0 aromatic carbocycles. The van der Waals surface area contributed by atoms with Crippen molar-refractivity contribution in [2.45, 2.75) is 56.9 Å². The normalized spacial score (nSPS) is 27.3. The van der Waals surface area contributed by atoms with Crippen LogP contribution in [0.3, 0.4) is 0 Å². The average Bonchev–Trinajstić information content (AvgIpc) is 2.85. The van der Waals surface area contributed by atoms with Crippen LogP contribution in [0.4, 0.5) is 0 Å². The maximum atomic E-state index is 12.2. The molecular formula is C15H31N3O2S. The van der Waals surface area contributed by atoms with E-state index in [9.17, 15) is 8.42 Å². The number of hydrogen-bond donors (Lipinski definition) is 1. The second-order valence-electron chi connectivity index (χ2n) is 7.55. The standard InChI is InChI=1S/C15H31N3O2S/c1-15(2,3)21(19,20)11-10-17-7-6-14(12-17)18-8-4-13(16)5-9-18/h13-14H,4-12,16H2,1-3H3. The van der Waals surface area contributed by atoms with Crippen LogP contribution in [-0.2, 0) is 9.84 Å². The zero-order valence-corrected chi connectivity index (χ0v) is 14.5. The summed E-state index contributed by atoms with van der Waals surface area (Å²) in [6.45, 7) is 10.2. The van der Waals surface area contributed by atoms with Crippen LogP contribution in [0.5, 0.6) is 0 Å². The number of sulfone groups is 1. The number of nitrogens with two attached hydrogens (primary N) is 1. The van der Waals surface area contributed by atoms with E-state index in [2.05, 4.69) is 9.80 Å². The number of likely N-dealkylation sites (tertiary alicyclic amines) is 2. The van der Waals surface area contributed by atoms with Gasteiger partial charge in [-0.25, -0.2) is 8.42 Å². The predicted molar refractivity (Wildman–Crippen MR) is 87.2 cm³/mol. The van der Waals surface area contributed by atoms with Gasteiger partial charge in [-0.05, 0) is 59.7 Å². The topological polar surface area (TPSA) is 66.6 Å². The van der Waals surface area contributed by atoms with Gasteiger partial charge in [0.05, 0.1) is 10.5 Å². The molecule has 2 fully saturated rings. The van der Waals surface area contributed by atoms with Crippen molar-refractivity contribution < 1.29 is 8.42 Å². The highest BCUT2D eigenvalue weighted by atomic mass is 32.2. The summed E-state index contributed by atoms with van der Waals surface area (Å²) in [5.74, 6) is 0.272. The largest absolute Gasteiger partial charge is 0.328 e. The van der Waals surface area contributed by atoms with Gasteiger partial charge in [-0.1, -0.05) is 0 Å². The van der Waals surface area contributed by atoms with Gasteiger partial charge in [-0.2, -0.15) is 0 Å². The molecule has 2 heterocycles. The van der Waals surface area contributed by atoms with Gasteiger partial charge < -0.3 is 10.6 Å². The van der Waals surface area contributed by atoms with Gasteiger partial charge in [-0.3, -0.25) is 4.90 Å². The van der Waals surface area contributed by atoms with Crippen molar-refractivity contribution in [1.29, 1.82) is 0 Å². The van der Waals surface area contributed by atoms with Gasteiger partial charge >= 0.3 is 0 Å². The molecule has 5 nitrogen and oxygen atoms in total. The number of nitrogens with zero attached hydrogens (tertiary/aromatic N) is 2. The number of rotatable bonds is 4. The van der Waals surface area contributed by atoms with Crippen LogP contribution in [0.1, 0.15) is 40.0 Å². The van der Waals surface area contributed by atoms with E-state index in [-0.39, 0.29) is 5.75 Å². The third-order valence-electron chi connectivity index (χ3n) is 4.95. The zero-order chi connectivity index (χ0) is 15.7. The Labute approximate surface area is 129 Å². The minimum Gasteiger partial charge on any atom is -0.328 e. The third kappa shape index (κ3) is 4.41. The van der Waals surface area contributed by atoms with Gasteiger partial charge in [0.2, 0.25) is 0 Å². The van der Waals surface area contributed by atoms with Crippen LogP contribution < -0.4 is 5.73 Å². The van der Waals surface area contributed by atoms with Crippen molar-refractivity contribution in [2.75, 3.05) is 38.5 Å². The zero-order valence-electron chi connectivity index (χ0n) is 13.7. The van der Waals surface area contributed by atoms with E-state index in [0.29, 0.717) is 18.6 Å². The van der Waals surface area contributed by atoms with E-state index in [1.165, 1.54) is 0 Å². The first-order valence-corrected chi connectivity index (χ1v) is 9.78. The molecule has 0 radical (unpaired) electrons. The van der Waals surface area contributed by atoms with Crippen molar-refractivity contribution in [3.8, 4) is 0 Å². The van der Waals surface area contributed by atoms with Gasteiger partial charge in [0.25, 0.3) is 0 Å². The molecule has 0 amide bonds. The molecule has 2 N–H and O–H groups in total. The molecule has 0 aromatic heterocycles. The van der Waals surface area contributed by atoms with E-state index in [1.54, 1.807) is 20.8 Å². The molecule has 2 aliphatic rings. The minimum atomic E-state index is -3.01. The highest BCUT2D eigenvalue weighted by molar-refractivity contribution is 7.92. The molecule has 124 valence electrons. The Balaban J connectivity index is 1.78. The molecule has 0 bridgehead atoms. The lowest BCUT2D eigenvalue weighted by atomic mass is 10.0. The Morgan fingerprint density at radius 1 is 1.10 bits per heavy atom. The lowest BCUT2D eigenvalue weighted by Crippen LogP contribution is -2.46. The van der Waals surface area contributed by atoms with Crippen LogP contribution in [-0.4, -0.2) is 73.5 Å². The van der Waals surface area contributed by atoms with E-state index in [4.69, 9.17) is 5.73 Å². The molecule has 21 heavy (non-hydrogen) atoms. The molecule has 0 aromatic rings. The van der Waals surface area contributed by atoms with E-state index in [0.717, 1.165) is 45.4 Å². The Kier molecular flexibility index (Phi) is 5.34. The van der Waals surface area contributed by atoms with Crippen LogP contribution in [0.25, 0.3) is 0 Å². The fraction of sp³-hybridized carbons (Fsp3) is 1.00.